The lowest BCUT2D eigenvalue weighted by atomic mass is 10.3. The van der Waals surface area contributed by atoms with Gasteiger partial charge in [-0.1, -0.05) is 23.4 Å². The SMILES string of the molecule is COc1ccc(Cl)cc1NC(=O)CSc1nc(C(F)(F)F)cc(=O)[nH]1. The van der Waals surface area contributed by atoms with Gasteiger partial charge in [0, 0.05) is 11.1 Å². The van der Waals surface area contributed by atoms with Gasteiger partial charge in [0.1, 0.15) is 5.75 Å². The summed E-state index contributed by atoms with van der Waals surface area (Å²) in [7, 11) is 1.41. The van der Waals surface area contributed by atoms with Gasteiger partial charge >= 0.3 is 6.18 Å². The van der Waals surface area contributed by atoms with Gasteiger partial charge in [-0.25, -0.2) is 4.98 Å². The van der Waals surface area contributed by atoms with Gasteiger partial charge in [-0.3, -0.25) is 9.59 Å². The fraction of sp³-hybridized carbons (Fsp3) is 0.214. The molecule has 1 aromatic carbocycles. The number of nitrogens with one attached hydrogen (secondary N) is 2. The lowest BCUT2D eigenvalue weighted by molar-refractivity contribution is -0.141. The Bertz CT molecular complexity index is 842. The van der Waals surface area contributed by atoms with E-state index >= 15 is 0 Å². The Labute approximate surface area is 148 Å². The van der Waals surface area contributed by atoms with Crippen molar-refractivity contribution < 1.29 is 22.7 Å². The molecule has 1 heterocycles. The molecular weight excluding hydrogens is 383 g/mol. The number of hydrogen-bond donors (Lipinski definition) is 2. The van der Waals surface area contributed by atoms with Gasteiger partial charge in [-0.05, 0) is 18.2 Å². The summed E-state index contributed by atoms with van der Waals surface area (Å²) in [5.41, 5.74) is -1.97. The second-order valence-corrected chi connectivity index (χ2v) is 6.02. The number of thioether (sulfide) groups is 1. The highest BCUT2D eigenvalue weighted by molar-refractivity contribution is 7.99. The average molecular weight is 394 g/mol. The monoisotopic (exact) mass is 393 g/mol. The number of alkyl halides is 3. The quantitative estimate of drug-likeness (QED) is 0.602. The van der Waals surface area contributed by atoms with Crippen molar-refractivity contribution in [2.45, 2.75) is 11.3 Å². The number of carbonyl (C=O) groups excluding carboxylic acids is 1. The number of carbonyl (C=O) groups is 1. The maximum atomic E-state index is 12.6. The normalized spacial score (nSPS) is 11.2. The van der Waals surface area contributed by atoms with E-state index in [1.54, 1.807) is 12.1 Å². The van der Waals surface area contributed by atoms with Gasteiger partial charge in [0.15, 0.2) is 10.9 Å². The molecule has 0 atom stereocenters. The first kappa shape index (κ1) is 19.1. The molecule has 0 aliphatic carbocycles. The molecule has 1 amide bonds. The number of rotatable bonds is 5. The predicted octanol–water partition coefficient (Wildman–Crippen LogP) is 3.18. The molecule has 25 heavy (non-hydrogen) atoms. The highest BCUT2D eigenvalue weighted by atomic mass is 35.5. The zero-order valence-corrected chi connectivity index (χ0v) is 14.2. The predicted molar refractivity (Wildman–Crippen MR) is 87.2 cm³/mol. The number of hydrogen-bond acceptors (Lipinski definition) is 5. The number of nitrogens with zero attached hydrogens (tertiary/aromatic N) is 1. The average Bonchev–Trinajstić information content (AvgIpc) is 2.52. The molecule has 2 N–H and O–H groups in total. The van der Waals surface area contributed by atoms with Crippen LogP contribution in [-0.2, 0) is 11.0 Å². The highest BCUT2D eigenvalue weighted by Gasteiger charge is 2.33. The fourth-order valence-corrected chi connectivity index (χ4v) is 2.59. The zero-order chi connectivity index (χ0) is 18.6. The van der Waals surface area contributed by atoms with Crippen LogP contribution in [-0.4, -0.2) is 28.7 Å². The lowest BCUT2D eigenvalue weighted by Crippen LogP contribution is -2.18. The third-order valence-corrected chi connectivity index (χ3v) is 3.89. The van der Waals surface area contributed by atoms with Crippen molar-refractivity contribution in [3.05, 3.63) is 45.3 Å². The summed E-state index contributed by atoms with van der Waals surface area (Å²) in [6.07, 6.45) is -4.75. The van der Waals surface area contributed by atoms with Crippen molar-refractivity contribution in [2.24, 2.45) is 0 Å². The summed E-state index contributed by atoms with van der Waals surface area (Å²) >= 11 is 6.50. The van der Waals surface area contributed by atoms with Crippen LogP contribution in [0.25, 0.3) is 0 Å². The van der Waals surface area contributed by atoms with Crippen LogP contribution in [0.5, 0.6) is 5.75 Å². The van der Waals surface area contributed by atoms with Crippen LogP contribution in [0.4, 0.5) is 18.9 Å². The number of aromatic amines is 1. The first-order valence-corrected chi connectivity index (χ1v) is 8.00. The topological polar surface area (TPSA) is 84.1 Å². The highest BCUT2D eigenvalue weighted by Crippen LogP contribution is 2.29. The van der Waals surface area contributed by atoms with Gasteiger partial charge in [-0.15, -0.1) is 0 Å². The molecule has 0 spiro atoms. The third-order valence-electron chi connectivity index (χ3n) is 2.79. The molecule has 0 aliphatic heterocycles. The fourth-order valence-electron chi connectivity index (χ4n) is 1.75. The molecule has 0 saturated carbocycles. The molecule has 0 aliphatic rings. The number of benzene rings is 1. The van der Waals surface area contributed by atoms with Crippen molar-refractivity contribution in [3.8, 4) is 5.75 Å². The summed E-state index contributed by atoms with van der Waals surface area (Å²) in [4.78, 5) is 28.7. The summed E-state index contributed by atoms with van der Waals surface area (Å²) in [6.45, 7) is 0. The number of anilines is 1. The van der Waals surface area contributed by atoms with Crippen molar-refractivity contribution in [1.29, 1.82) is 0 Å². The summed E-state index contributed by atoms with van der Waals surface area (Å²) < 4.78 is 42.9. The maximum Gasteiger partial charge on any atom is 0.433 e. The molecule has 0 unspecified atom stereocenters. The van der Waals surface area contributed by atoms with Crippen LogP contribution in [0.3, 0.4) is 0 Å². The van der Waals surface area contributed by atoms with E-state index in [1.165, 1.54) is 13.2 Å². The Morgan fingerprint density at radius 1 is 1.40 bits per heavy atom. The van der Waals surface area contributed by atoms with E-state index in [0.29, 0.717) is 34.3 Å². The van der Waals surface area contributed by atoms with Crippen LogP contribution >= 0.6 is 23.4 Å². The second-order valence-electron chi connectivity index (χ2n) is 4.62. The maximum absolute atomic E-state index is 12.6. The van der Waals surface area contributed by atoms with Crippen LogP contribution in [0.15, 0.2) is 34.2 Å². The van der Waals surface area contributed by atoms with Crippen LogP contribution in [0.2, 0.25) is 5.02 Å². The Balaban J connectivity index is 2.07. The number of ether oxygens (including phenoxy) is 1. The van der Waals surface area contributed by atoms with Gasteiger partial charge in [0.05, 0.1) is 18.6 Å². The molecule has 0 bridgehead atoms. The largest absolute Gasteiger partial charge is 0.495 e. The van der Waals surface area contributed by atoms with Crippen molar-refractivity contribution >= 4 is 35.0 Å². The number of amides is 1. The molecule has 134 valence electrons. The Morgan fingerprint density at radius 3 is 2.76 bits per heavy atom. The van der Waals surface area contributed by atoms with Crippen LogP contribution in [0, 0.1) is 0 Å². The smallest absolute Gasteiger partial charge is 0.433 e. The zero-order valence-electron chi connectivity index (χ0n) is 12.6. The standard InChI is InChI=1S/C14H11ClF3N3O3S/c1-24-9-3-2-7(15)4-8(9)19-12(23)6-25-13-20-10(14(16,17)18)5-11(22)21-13/h2-5H,6H2,1H3,(H,19,23)(H,20,21,22). The molecule has 6 nitrogen and oxygen atoms in total. The molecule has 11 heteroatoms. The summed E-state index contributed by atoms with van der Waals surface area (Å²) in [5, 5.41) is 2.58. The lowest BCUT2D eigenvalue weighted by Gasteiger charge is -2.10. The number of halogens is 4. The molecular formula is C14H11ClF3N3O3S. The number of methoxy groups -OCH3 is 1. The van der Waals surface area contributed by atoms with Crippen LogP contribution < -0.4 is 15.6 Å². The molecule has 2 rings (SSSR count). The number of H-pyrrole nitrogens is 1. The van der Waals surface area contributed by atoms with Crippen molar-refractivity contribution in [2.75, 3.05) is 18.2 Å². The minimum absolute atomic E-state index is 0.278. The van der Waals surface area contributed by atoms with Crippen molar-refractivity contribution in [3.63, 3.8) is 0 Å². The first-order chi connectivity index (χ1) is 11.7. The van der Waals surface area contributed by atoms with E-state index in [-0.39, 0.29) is 10.9 Å². The van der Waals surface area contributed by atoms with E-state index in [1.807, 2.05) is 0 Å². The Hall–Kier alpha value is -2.20. The minimum atomic E-state index is -4.75. The summed E-state index contributed by atoms with van der Waals surface area (Å²) in [6, 6.07) is 4.94. The summed E-state index contributed by atoms with van der Waals surface area (Å²) in [5.74, 6) is -0.445. The Kier molecular flexibility index (Phi) is 5.96. The van der Waals surface area contributed by atoms with Crippen molar-refractivity contribution in [1.82, 2.24) is 9.97 Å². The van der Waals surface area contributed by atoms with Crippen LogP contribution in [0.1, 0.15) is 5.69 Å². The molecule has 1 aromatic heterocycles. The second kappa shape index (κ2) is 7.79. The molecule has 0 fully saturated rings. The van der Waals surface area contributed by atoms with Gasteiger partial charge in [-0.2, -0.15) is 13.2 Å². The van der Waals surface area contributed by atoms with Gasteiger partial charge in [0.2, 0.25) is 5.91 Å². The minimum Gasteiger partial charge on any atom is -0.495 e. The van der Waals surface area contributed by atoms with E-state index in [9.17, 15) is 22.8 Å². The van der Waals surface area contributed by atoms with Gasteiger partial charge in [0.25, 0.3) is 5.56 Å². The number of aromatic nitrogens is 2. The van der Waals surface area contributed by atoms with E-state index in [2.05, 4.69) is 15.3 Å². The molecule has 0 saturated heterocycles. The molecule has 2 aromatic rings. The van der Waals surface area contributed by atoms with E-state index in [4.69, 9.17) is 16.3 Å². The first-order valence-electron chi connectivity index (χ1n) is 6.64. The van der Waals surface area contributed by atoms with E-state index < -0.39 is 23.3 Å². The Morgan fingerprint density at radius 2 is 2.12 bits per heavy atom. The van der Waals surface area contributed by atoms with E-state index in [0.717, 1.165) is 0 Å². The van der Waals surface area contributed by atoms with Gasteiger partial charge < -0.3 is 15.0 Å². The molecule has 0 radical (unpaired) electrons. The third kappa shape index (κ3) is 5.40.